The molecule has 118 valence electrons. The number of hydroxylamine groups is 1. The van der Waals surface area contributed by atoms with Crippen LogP contribution in [0, 0.1) is 0 Å². The molecule has 12 heteroatoms. The van der Waals surface area contributed by atoms with E-state index < -0.39 is 16.4 Å². The van der Waals surface area contributed by atoms with Gasteiger partial charge in [0.1, 0.15) is 5.03 Å². The van der Waals surface area contributed by atoms with Gasteiger partial charge in [0.25, 0.3) is 0 Å². The normalized spacial score (nSPS) is 19.5. The van der Waals surface area contributed by atoms with Crippen molar-refractivity contribution < 1.29 is 22.0 Å². The van der Waals surface area contributed by atoms with E-state index in [-0.39, 0.29) is 6.04 Å². The van der Waals surface area contributed by atoms with E-state index in [2.05, 4.69) is 27.2 Å². The van der Waals surface area contributed by atoms with Gasteiger partial charge in [0.15, 0.2) is 0 Å². The van der Waals surface area contributed by atoms with E-state index in [9.17, 15) is 13.2 Å². The van der Waals surface area contributed by atoms with E-state index in [4.69, 9.17) is 4.55 Å². The summed E-state index contributed by atoms with van der Waals surface area (Å²) in [6.07, 6.45) is 4.10. The molecule has 0 radical (unpaired) electrons. The highest BCUT2D eigenvalue weighted by molar-refractivity contribution is 7.80. The lowest BCUT2D eigenvalue weighted by molar-refractivity contribution is 0.101. The van der Waals surface area contributed by atoms with Gasteiger partial charge < -0.3 is 4.90 Å². The Morgan fingerprint density at radius 1 is 1.57 bits per heavy atom. The average Bonchev–Trinajstić information content (AvgIpc) is 2.81. The van der Waals surface area contributed by atoms with Crippen LogP contribution in [0.4, 0.5) is 4.79 Å². The van der Waals surface area contributed by atoms with E-state index >= 15 is 0 Å². The quantitative estimate of drug-likeness (QED) is 0.397. The van der Waals surface area contributed by atoms with Crippen molar-refractivity contribution in [1.82, 2.24) is 25.4 Å². The van der Waals surface area contributed by atoms with Crippen LogP contribution in [0.5, 0.6) is 0 Å². The Labute approximate surface area is 126 Å². The van der Waals surface area contributed by atoms with E-state index in [0.717, 1.165) is 19.3 Å². The molecule has 2 amide bonds. The number of rotatable bonds is 4. The molecular weight excluding hydrogens is 322 g/mol. The smallest absolute Gasteiger partial charge is 0.318 e. The second kappa shape index (κ2) is 6.60. The van der Waals surface area contributed by atoms with Gasteiger partial charge in [-0.05, 0) is 19.3 Å². The van der Waals surface area contributed by atoms with Crippen LogP contribution in [0.15, 0.2) is 11.2 Å². The third kappa shape index (κ3) is 4.84. The number of hydrogen-bond acceptors (Lipinski definition) is 7. The molecule has 2 N–H and O–H groups in total. The van der Waals surface area contributed by atoms with Gasteiger partial charge in [-0.2, -0.15) is 13.9 Å². The zero-order valence-corrected chi connectivity index (χ0v) is 12.6. The maximum absolute atomic E-state index is 11.9. The molecule has 1 unspecified atom stereocenters. The Hall–Kier alpha value is -1.37. The molecule has 0 aromatic carbocycles. The molecule has 0 aliphatic carbocycles. The zero-order valence-electron chi connectivity index (χ0n) is 10.9. The molecule has 1 saturated heterocycles. The van der Waals surface area contributed by atoms with Crippen LogP contribution in [-0.4, -0.2) is 51.5 Å². The number of piperidine rings is 1. The number of nitrogens with zero attached hydrogens (tertiary/aromatic N) is 4. The van der Waals surface area contributed by atoms with Gasteiger partial charge in [0.05, 0.1) is 18.8 Å². The summed E-state index contributed by atoms with van der Waals surface area (Å²) in [5, 5.41) is 8.06. The molecule has 1 aromatic heterocycles. The number of thiol groups is 1. The number of hydrogen-bond donors (Lipinski definition) is 3. The fraction of sp³-hybridized carbons (Fsp3) is 0.667. The van der Waals surface area contributed by atoms with Crippen molar-refractivity contribution in [3.8, 4) is 0 Å². The van der Waals surface area contributed by atoms with Crippen LogP contribution >= 0.6 is 12.6 Å². The summed E-state index contributed by atoms with van der Waals surface area (Å²) < 4.78 is 34.8. The molecule has 1 aromatic rings. The van der Waals surface area contributed by atoms with Crippen LogP contribution in [0.25, 0.3) is 0 Å². The molecule has 0 bridgehead atoms. The Bertz CT molecular complexity index is 603. The fourth-order valence-electron chi connectivity index (χ4n) is 2.20. The van der Waals surface area contributed by atoms with Gasteiger partial charge in [0.2, 0.25) is 0 Å². The third-order valence-corrected chi connectivity index (χ3v) is 3.55. The van der Waals surface area contributed by atoms with Gasteiger partial charge >= 0.3 is 16.4 Å². The first kappa shape index (κ1) is 16.0. The lowest BCUT2D eigenvalue weighted by Crippen LogP contribution is -2.50. The maximum Gasteiger partial charge on any atom is 0.418 e. The number of amides is 2. The molecular formula is C9H15N5O5S2. The monoisotopic (exact) mass is 337 g/mol. The highest BCUT2D eigenvalue weighted by Gasteiger charge is 2.28. The number of likely N-dealkylation sites (tertiary alicyclic amines) is 1. The first-order chi connectivity index (χ1) is 9.85. The number of urea groups is 1. The number of carbonyl (C=O) groups excluding carboxylic acids is 1. The van der Waals surface area contributed by atoms with Gasteiger partial charge in [-0.15, -0.1) is 22.0 Å². The SMILES string of the molecule is O=C(NOS(=O)(=O)O)N1CCCCC1Cn1cc(S)nn1. The Morgan fingerprint density at radius 3 is 2.95 bits per heavy atom. The first-order valence-corrected chi connectivity index (χ1v) is 7.98. The average molecular weight is 337 g/mol. The molecule has 1 aliphatic heterocycles. The molecule has 10 nitrogen and oxygen atoms in total. The summed E-state index contributed by atoms with van der Waals surface area (Å²) in [5.74, 6) is 0. The predicted molar refractivity (Wildman–Crippen MR) is 72.8 cm³/mol. The minimum atomic E-state index is -4.73. The summed E-state index contributed by atoms with van der Waals surface area (Å²) in [4.78, 5) is 13.3. The standard InChI is InChI=1S/C9H15N5O5S2/c15-9(11-19-21(16,17)18)14-4-2-1-3-7(14)5-13-6-8(20)10-12-13/h6-7,20H,1-5H2,(H,11,15)(H,16,17,18). The summed E-state index contributed by atoms with van der Waals surface area (Å²) >= 11 is 4.05. The molecule has 2 heterocycles. The lowest BCUT2D eigenvalue weighted by Gasteiger charge is -2.34. The van der Waals surface area contributed by atoms with E-state index in [1.165, 1.54) is 4.90 Å². The first-order valence-electron chi connectivity index (χ1n) is 6.17. The topological polar surface area (TPSA) is 127 Å². The van der Waals surface area contributed by atoms with Crippen molar-refractivity contribution in [3.63, 3.8) is 0 Å². The molecule has 21 heavy (non-hydrogen) atoms. The Morgan fingerprint density at radius 2 is 2.33 bits per heavy atom. The molecule has 0 spiro atoms. The summed E-state index contributed by atoms with van der Waals surface area (Å²) in [7, 11) is -4.73. The van der Waals surface area contributed by atoms with Crippen LogP contribution in [0.1, 0.15) is 19.3 Å². The third-order valence-electron chi connectivity index (χ3n) is 3.05. The highest BCUT2D eigenvalue weighted by atomic mass is 32.3. The molecule has 2 rings (SSSR count). The van der Waals surface area contributed by atoms with Gasteiger partial charge in [-0.1, -0.05) is 5.21 Å². The van der Waals surface area contributed by atoms with Crippen molar-refractivity contribution >= 4 is 29.1 Å². The zero-order chi connectivity index (χ0) is 15.5. The van der Waals surface area contributed by atoms with Crippen LogP contribution in [0.3, 0.4) is 0 Å². The molecule has 1 fully saturated rings. The van der Waals surface area contributed by atoms with Gasteiger partial charge in [-0.3, -0.25) is 4.55 Å². The van der Waals surface area contributed by atoms with Crippen molar-refractivity contribution in [2.45, 2.75) is 36.9 Å². The van der Waals surface area contributed by atoms with Crippen LogP contribution in [0.2, 0.25) is 0 Å². The minimum absolute atomic E-state index is 0.182. The molecule has 1 atom stereocenters. The number of carbonyl (C=O) groups is 1. The second-order valence-electron chi connectivity index (χ2n) is 4.56. The fourth-order valence-corrected chi connectivity index (χ4v) is 2.55. The predicted octanol–water partition coefficient (Wildman–Crippen LogP) is -0.135. The Kier molecular flexibility index (Phi) is 5.03. The number of nitrogens with one attached hydrogen (secondary N) is 1. The van der Waals surface area contributed by atoms with Gasteiger partial charge in [0, 0.05) is 6.54 Å². The van der Waals surface area contributed by atoms with Crippen molar-refractivity contribution in [2.75, 3.05) is 6.54 Å². The Balaban J connectivity index is 1.99. The maximum atomic E-state index is 11.9. The molecule has 1 aliphatic rings. The van der Waals surface area contributed by atoms with Crippen molar-refractivity contribution in [2.24, 2.45) is 0 Å². The number of aromatic nitrogens is 3. The highest BCUT2D eigenvalue weighted by Crippen LogP contribution is 2.18. The largest absolute Gasteiger partial charge is 0.418 e. The second-order valence-corrected chi connectivity index (χ2v) is 6.04. The summed E-state index contributed by atoms with van der Waals surface area (Å²) in [6, 6.07) is -0.915. The van der Waals surface area contributed by atoms with Crippen LogP contribution in [-0.2, 0) is 21.2 Å². The van der Waals surface area contributed by atoms with Crippen molar-refractivity contribution in [3.05, 3.63) is 6.20 Å². The van der Waals surface area contributed by atoms with Crippen molar-refractivity contribution in [1.29, 1.82) is 0 Å². The van der Waals surface area contributed by atoms with Crippen LogP contribution < -0.4 is 5.48 Å². The van der Waals surface area contributed by atoms with E-state index in [1.807, 2.05) is 0 Å². The summed E-state index contributed by atoms with van der Waals surface area (Å²) in [6.45, 7) is 0.862. The van der Waals surface area contributed by atoms with E-state index in [0.29, 0.717) is 18.1 Å². The lowest BCUT2D eigenvalue weighted by atomic mass is 10.0. The summed E-state index contributed by atoms with van der Waals surface area (Å²) in [5.41, 5.74) is 1.70. The minimum Gasteiger partial charge on any atom is -0.318 e. The van der Waals surface area contributed by atoms with Gasteiger partial charge in [-0.25, -0.2) is 9.48 Å². The molecule has 0 saturated carbocycles. The van der Waals surface area contributed by atoms with E-state index in [1.54, 1.807) is 16.4 Å².